The van der Waals surface area contributed by atoms with E-state index in [4.69, 9.17) is 5.26 Å². The zero-order chi connectivity index (χ0) is 14.5. The Hall–Kier alpha value is -2.60. The Morgan fingerprint density at radius 3 is 2.42 bits per heavy atom. The van der Waals surface area contributed by atoms with Crippen molar-refractivity contribution in [2.24, 2.45) is 0 Å². The minimum atomic E-state index is -0.394. The summed E-state index contributed by atoms with van der Waals surface area (Å²) in [5, 5.41) is 8.48. The fourth-order valence-electron chi connectivity index (χ4n) is 0.988. The van der Waals surface area contributed by atoms with Gasteiger partial charge >= 0.3 is 5.97 Å². The molecule has 1 aromatic rings. The summed E-state index contributed by atoms with van der Waals surface area (Å²) in [7, 11) is 1.31. The van der Waals surface area contributed by atoms with Gasteiger partial charge in [0, 0.05) is 11.6 Å². The van der Waals surface area contributed by atoms with Gasteiger partial charge in [-0.15, -0.1) is 0 Å². The summed E-state index contributed by atoms with van der Waals surface area (Å²) in [5.74, 6) is -0.394. The van der Waals surface area contributed by atoms with E-state index in [9.17, 15) is 4.79 Å². The van der Waals surface area contributed by atoms with Gasteiger partial charge in [0.1, 0.15) is 0 Å². The molecular weight excluding hydrogens is 238 g/mol. The van der Waals surface area contributed by atoms with Crippen molar-refractivity contribution in [1.29, 1.82) is 5.26 Å². The molecule has 0 amide bonds. The summed E-state index contributed by atoms with van der Waals surface area (Å²) < 4.78 is 4.14. The largest absolute Gasteiger partial charge is 0.466 e. The van der Waals surface area contributed by atoms with Crippen LogP contribution in [-0.2, 0) is 9.53 Å². The Morgan fingerprint density at radius 1 is 1.37 bits per heavy atom. The summed E-state index contributed by atoms with van der Waals surface area (Å²) in [4.78, 5) is 9.84. The Morgan fingerprint density at radius 2 is 2.00 bits per heavy atom. The molecule has 0 unspecified atom stereocenters. The summed E-state index contributed by atoms with van der Waals surface area (Å²) in [6.45, 7) is 4.94. The molecule has 0 aliphatic rings. The molecule has 0 aliphatic carbocycles. The van der Waals surface area contributed by atoms with Crippen LogP contribution in [0.2, 0.25) is 0 Å². The lowest BCUT2D eigenvalue weighted by Crippen LogP contribution is -1.91. The lowest BCUT2D eigenvalue weighted by atomic mass is 10.2. The van der Waals surface area contributed by atoms with Gasteiger partial charge in [-0.25, -0.2) is 4.79 Å². The third-order valence-electron chi connectivity index (χ3n) is 1.98. The summed E-state index contributed by atoms with van der Waals surface area (Å²) >= 11 is 0. The van der Waals surface area contributed by atoms with Crippen molar-refractivity contribution in [3.8, 4) is 6.07 Å². The average molecular weight is 255 g/mol. The summed E-state index contributed by atoms with van der Waals surface area (Å²) in [5.41, 5.74) is 1.86. The van der Waals surface area contributed by atoms with Crippen LogP contribution >= 0.6 is 0 Å². The van der Waals surface area contributed by atoms with Gasteiger partial charge in [-0.1, -0.05) is 49.1 Å². The molecule has 1 rings (SSSR count). The van der Waals surface area contributed by atoms with E-state index in [1.54, 1.807) is 13.0 Å². The second-order valence-electron chi connectivity index (χ2n) is 3.46. The molecule has 0 fully saturated rings. The summed E-state index contributed by atoms with van der Waals surface area (Å²) in [6.07, 6.45) is 6.77. The van der Waals surface area contributed by atoms with Gasteiger partial charge in [0.05, 0.1) is 13.2 Å². The van der Waals surface area contributed by atoms with Crippen LogP contribution in [0.4, 0.5) is 0 Å². The molecule has 0 N–H and O–H groups in total. The zero-order valence-electron chi connectivity index (χ0n) is 11.2. The maximum atomic E-state index is 9.84. The highest BCUT2D eigenvalue weighted by Gasteiger charge is 1.82. The highest BCUT2D eigenvalue weighted by molar-refractivity contribution is 5.80. The SMILES string of the molecule is C=CC(=O)OC.CC(C#N)=CC=Cc1ccccc1. The number of nitrogens with zero attached hydrogens (tertiary/aromatic N) is 1. The minimum absolute atomic E-state index is 0.394. The molecule has 0 aromatic heterocycles. The normalized spacial score (nSPS) is 10.1. The van der Waals surface area contributed by atoms with E-state index < -0.39 is 5.97 Å². The van der Waals surface area contributed by atoms with Crippen molar-refractivity contribution < 1.29 is 9.53 Å². The smallest absolute Gasteiger partial charge is 0.329 e. The van der Waals surface area contributed by atoms with Gasteiger partial charge in [0.2, 0.25) is 0 Å². The van der Waals surface area contributed by atoms with Crippen molar-refractivity contribution in [2.45, 2.75) is 6.92 Å². The first kappa shape index (κ1) is 16.4. The van der Waals surface area contributed by atoms with Crippen LogP contribution in [0.25, 0.3) is 6.08 Å². The lowest BCUT2D eigenvalue weighted by molar-refractivity contribution is -0.134. The molecule has 0 saturated heterocycles. The van der Waals surface area contributed by atoms with Crippen molar-refractivity contribution in [3.05, 3.63) is 66.3 Å². The third kappa shape index (κ3) is 9.13. The lowest BCUT2D eigenvalue weighted by Gasteiger charge is -1.88. The topological polar surface area (TPSA) is 50.1 Å². The molecule has 1 aromatic carbocycles. The fraction of sp³-hybridized carbons (Fsp3) is 0.125. The minimum Gasteiger partial charge on any atom is -0.466 e. The molecule has 3 nitrogen and oxygen atoms in total. The van der Waals surface area contributed by atoms with Crippen LogP contribution in [0.3, 0.4) is 0 Å². The van der Waals surface area contributed by atoms with E-state index in [0.29, 0.717) is 5.57 Å². The Kier molecular flexibility index (Phi) is 9.10. The molecule has 3 heteroatoms. The summed E-state index contributed by atoms with van der Waals surface area (Å²) in [6, 6.07) is 12.1. The van der Waals surface area contributed by atoms with E-state index in [-0.39, 0.29) is 0 Å². The van der Waals surface area contributed by atoms with Crippen molar-refractivity contribution in [3.63, 3.8) is 0 Å². The van der Waals surface area contributed by atoms with Crippen LogP contribution in [0.5, 0.6) is 0 Å². The number of hydrogen-bond acceptors (Lipinski definition) is 3. The van der Waals surface area contributed by atoms with Crippen LogP contribution < -0.4 is 0 Å². The number of esters is 1. The highest BCUT2D eigenvalue weighted by atomic mass is 16.5. The predicted molar refractivity (Wildman–Crippen MR) is 77.1 cm³/mol. The first-order chi connectivity index (χ1) is 9.13. The first-order valence-electron chi connectivity index (χ1n) is 5.64. The molecule has 0 aliphatic heterocycles. The van der Waals surface area contributed by atoms with E-state index in [1.165, 1.54) is 7.11 Å². The van der Waals surface area contributed by atoms with Crippen molar-refractivity contribution in [1.82, 2.24) is 0 Å². The first-order valence-corrected chi connectivity index (χ1v) is 5.64. The second-order valence-corrected chi connectivity index (χ2v) is 3.46. The number of hydrogen-bond donors (Lipinski definition) is 0. The number of methoxy groups -OCH3 is 1. The van der Waals surface area contributed by atoms with Crippen molar-refractivity contribution >= 4 is 12.0 Å². The van der Waals surface area contributed by atoms with Crippen LogP contribution in [0, 0.1) is 11.3 Å². The number of carbonyl (C=O) groups excluding carboxylic acids is 1. The molecule has 0 spiro atoms. The van der Waals surface area contributed by atoms with E-state index in [2.05, 4.69) is 17.4 Å². The average Bonchev–Trinajstić information content (AvgIpc) is 2.48. The maximum absolute atomic E-state index is 9.84. The molecule has 98 valence electrons. The Bertz CT molecular complexity index is 493. The van der Waals surface area contributed by atoms with E-state index >= 15 is 0 Å². The Balaban J connectivity index is 0.000000459. The molecule has 0 atom stereocenters. The molecule has 19 heavy (non-hydrogen) atoms. The number of nitriles is 1. The van der Waals surface area contributed by atoms with Gasteiger partial charge in [-0.05, 0) is 18.6 Å². The predicted octanol–water partition coefficient (Wildman–Crippen LogP) is 3.52. The van der Waals surface area contributed by atoms with Gasteiger partial charge in [-0.2, -0.15) is 5.26 Å². The van der Waals surface area contributed by atoms with Gasteiger partial charge in [0.15, 0.2) is 0 Å². The number of allylic oxidation sites excluding steroid dienone is 3. The van der Waals surface area contributed by atoms with E-state index in [0.717, 1.165) is 11.6 Å². The second kappa shape index (κ2) is 10.5. The van der Waals surface area contributed by atoms with Gasteiger partial charge < -0.3 is 4.74 Å². The monoisotopic (exact) mass is 255 g/mol. The third-order valence-corrected chi connectivity index (χ3v) is 1.98. The quantitative estimate of drug-likeness (QED) is 0.359. The number of rotatable bonds is 3. The molecule has 0 radical (unpaired) electrons. The highest BCUT2D eigenvalue weighted by Crippen LogP contribution is 2.01. The number of carbonyl (C=O) groups is 1. The number of ether oxygens (including phenoxy) is 1. The molecule has 0 saturated carbocycles. The van der Waals surface area contributed by atoms with Crippen LogP contribution in [0.1, 0.15) is 12.5 Å². The van der Waals surface area contributed by atoms with Crippen LogP contribution in [-0.4, -0.2) is 13.1 Å². The fourth-order valence-corrected chi connectivity index (χ4v) is 0.988. The maximum Gasteiger partial charge on any atom is 0.329 e. The molecule has 0 bridgehead atoms. The standard InChI is InChI=1S/C12H11N.C4H6O2/c1-11(10-13)6-5-9-12-7-3-2-4-8-12;1-3-4(5)6-2/h2-9H,1H3;3H,1H2,2H3. The molecular formula is C16H17NO2. The Labute approximate surface area is 114 Å². The van der Waals surface area contributed by atoms with Crippen LogP contribution in [0.15, 0.2) is 60.7 Å². The molecule has 0 heterocycles. The van der Waals surface area contributed by atoms with E-state index in [1.807, 2.05) is 42.5 Å². The van der Waals surface area contributed by atoms with Crippen molar-refractivity contribution in [2.75, 3.05) is 7.11 Å². The van der Waals surface area contributed by atoms with Gasteiger partial charge in [-0.3, -0.25) is 0 Å². The zero-order valence-corrected chi connectivity index (χ0v) is 11.2. The van der Waals surface area contributed by atoms with Gasteiger partial charge in [0.25, 0.3) is 0 Å². The number of benzene rings is 1.